The molecule has 0 aliphatic rings. The molecule has 1 aromatic carbocycles. The molecule has 2 rings (SSSR count). The fourth-order valence-corrected chi connectivity index (χ4v) is 2.92. The Kier molecular flexibility index (Phi) is 4.56. The van der Waals surface area contributed by atoms with Gasteiger partial charge in [0.1, 0.15) is 0 Å². The van der Waals surface area contributed by atoms with Crippen LogP contribution in [0.4, 0.5) is 5.69 Å². The van der Waals surface area contributed by atoms with Crippen LogP contribution in [0.25, 0.3) is 0 Å². The zero-order valence-electron chi connectivity index (χ0n) is 12.0. The van der Waals surface area contributed by atoms with E-state index in [0.29, 0.717) is 6.04 Å². The van der Waals surface area contributed by atoms with Crippen LogP contribution >= 0.6 is 11.3 Å². The molecule has 0 aliphatic heterocycles. The molecule has 0 radical (unpaired) electrons. The van der Waals surface area contributed by atoms with Gasteiger partial charge in [-0.2, -0.15) is 0 Å². The molecule has 2 aromatic rings. The summed E-state index contributed by atoms with van der Waals surface area (Å²) in [6.45, 7) is 5.21. The van der Waals surface area contributed by atoms with Gasteiger partial charge in [0.25, 0.3) is 0 Å². The lowest BCUT2D eigenvalue weighted by Crippen LogP contribution is -2.11. The smallest absolute Gasteiger partial charge is 0.0798 e. The minimum atomic E-state index is 0.298. The number of aromatic nitrogens is 1. The molecule has 0 aliphatic carbocycles. The van der Waals surface area contributed by atoms with Crippen molar-refractivity contribution in [3.63, 3.8) is 0 Å². The van der Waals surface area contributed by atoms with E-state index in [9.17, 15) is 0 Å². The molecule has 0 bridgehead atoms. The number of anilines is 1. The van der Waals surface area contributed by atoms with Crippen molar-refractivity contribution >= 4 is 17.0 Å². The van der Waals surface area contributed by atoms with Gasteiger partial charge in [-0.1, -0.05) is 12.1 Å². The van der Waals surface area contributed by atoms with Crippen molar-refractivity contribution in [3.8, 4) is 0 Å². The fraction of sp³-hybridized carbons (Fsp3) is 0.400. The molecule has 4 heteroatoms. The Morgan fingerprint density at radius 3 is 2.47 bits per heavy atom. The van der Waals surface area contributed by atoms with Crippen molar-refractivity contribution in [2.24, 2.45) is 0 Å². The van der Waals surface area contributed by atoms with Gasteiger partial charge in [-0.15, -0.1) is 11.3 Å². The standard InChI is InChI=1S/C15H21N3S/c1-11-15(19-10-16-11)12(2)17-14-7-5-13(6-8-14)9-18(3)4/h5-8,10,12,17H,9H2,1-4H3. The highest BCUT2D eigenvalue weighted by Crippen LogP contribution is 2.25. The molecule has 1 heterocycles. The number of hydrogen-bond acceptors (Lipinski definition) is 4. The summed E-state index contributed by atoms with van der Waals surface area (Å²) in [5, 5.41) is 3.52. The van der Waals surface area contributed by atoms with Crippen molar-refractivity contribution in [1.82, 2.24) is 9.88 Å². The summed E-state index contributed by atoms with van der Waals surface area (Å²) in [5.41, 5.74) is 5.51. The fourth-order valence-electron chi connectivity index (χ4n) is 2.11. The maximum atomic E-state index is 4.30. The quantitative estimate of drug-likeness (QED) is 0.902. The maximum Gasteiger partial charge on any atom is 0.0798 e. The predicted octanol–water partition coefficient (Wildman–Crippen LogP) is 3.69. The van der Waals surface area contributed by atoms with Crippen molar-refractivity contribution in [2.45, 2.75) is 26.4 Å². The third kappa shape index (κ3) is 3.78. The van der Waals surface area contributed by atoms with Crippen molar-refractivity contribution < 1.29 is 0 Å². The highest BCUT2D eigenvalue weighted by Gasteiger charge is 2.10. The van der Waals surface area contributed by atoms with E-state index < -0.39 is 0 Å². The molecule has 0 saturated carbocycles. The van der Waals surface area contributed by atoms with Gasteiger partial charge in [0, 0.05) is 17.1 Å². The highest BCUT2D eigenvalue weighted by molar-refractivity contribution is 7.09. The van der Waals surface area contributed by atoms with E-state index in [1.807, 2.05) is 5.51 Å². The first-order valence-corrected chi connectivity index (χ1v) is 7.34. The van der Waals surface area contributed by atoms with Crippen LogP contribution in [0.3, 0.4) is 0 Å². The van der Waals surface area contributed by atoms with Gasteiger partial charge in [0.15, 0.2) is 0 Å². The van der Waals surface area contributed by atoms with Gasteiger partial charge >= 0.3 is 0 Å². The molecule has 0 fully saturated rings. The summed E-state index contributed by atoms with van der Waals surface area (Å²) in [6.07, 6.45) is 0. The van der Waals surface area contributed by atoms with Crippen molar-refractivity contribution in [2.75, 3.05) is 19.4 Å². The van der Waals surface area contributed by atoms with E-state index in [2.05, 4.69) is 67.4 Å². The largest absolute Gasteiger partial charge is 0.378 e. The average Bonchev–Trinajstić information content (AvgIpc) is 2.77. The summed E-state index contributed by atoms with van der Waals surface area (Å²) >= 11 is 1.71. The van der Waals surface area contributed by atoms with Crippen LogP contribution in [0, 0.1) is 6.92 Å². The first-order chi connectivity index (χ1) is 9.06. The zero-order chi connectivity index (χ0) is 13.8. The Hall–Kier alpha value is -1.39. The number of nitrogens with one attached hydrogen (secondary N) is 1. The third-order valence-corrected chi connectivity index (χ3v) is 4.13. The van der Waals surface area contributed by atoms with E-state index in [1.54, 1.807) is 11.3 Å². The van der Waals surface area contributed by atoms with Crippen LogP contribution in [-0.2, 0) is 6.54 Å². The molecule has 1 unspecified atom stereocenters. The third-order valence-electron chi connectivity index (χ3n) is 3.01. The second-order valence-electron chi connectivity index (χ2n) is 5.10. The van der Waals surface area contributed by atoms with Crippen molar-refractivity contribution in [3.05, 3.63) is 45.9 Å². The van der Waals surface area contributed by atoms with Crippen molar-refractivity contribution in [1.29, 1.82) is 0 Å². The van der Waals surface area contributed by atoms with Gasteiger partial charge in [0.2, 0.25) is 0 Å². The highest BCUT2D eigenvalue weighted by atomic mass is 32.1. The van der Waals surface area contributed by atoms with Gasteiger partial charge in [-0.3, -0.25) is 0 Å². The minimum absolute atomic E-state index is 0.298. The van der Waals surface area contributed by atoms with E-state index in [0.717, 1.165) is 17.9 Å². The molecule has 0 saturated heterocycles. The molecule has 102 valence electrons. The minimum Gasteiger partial charge on any atom is -0.378 e. The molecule has 0 amide bonds. The van der Waals surface area contributed by atoms with E-state index in [4.69, 9.17) is 0 Å². The molecule has 19 heavy (non-hydrogen) atoms. The lowest BCUT2D eigenvalue weighted by molar-refractivity contribution is 0.402. The summed E-state index contributed by atoms with van der Waals surface area (Å²) in [7, 11) is 4.17. The predicted molar refractivity (Wildman–Crippen MR) is 82.7 cm³/mol. The molecule has 1 atom stereocenters. The lowest BCUT2D eigenvalue weighted by atomic mass is 10.1. The monoisotopic (exact) mass is 275 g/mol. The van der Waals surface area contributed by atoms with Crippen LogP contribution < -0.4 is 5.32 Å². The van der Waals surface area contributed by atoms with Crippen LogP contribution in [0.5, 0.6) is 0 Å². The second kappa shape index (κ2) is 6.17. The number of aryl methyl sites for hydroxylation is 1. The van der Waals surface area contributed by atoms with Crippen LogP contribution in [0.15, 0.2) is 29.8 Å². The van der Waals surface area contributed by atoms with E-state index >= 15 is 0 Å². The van der Waals surface area contributed by atoms with Gasteiger partial charge < -0.3 is 10.2 Å². The number of thiazole rings is 1. The molecular formula is C15H21N3S. The van der Waals surface area contributed by atoms with Crippen LogP contribution in [-0.4, -0.2) is 24.0 Å². The first-order valence-electron chi connectivity index (χ1n) is 6.46. The van der Waals surface area contributed by atoms with E-state index in [-0.39, 0.29) is 0 Å². The Morgan fingerprint density at radius 1 is 1.26 bits per heavy atom. The lowest BCUT2D eigenvalue weighted by Gasteiger charge is -2.15. The SMILES string of the molecule is Cc1ncsc1C(C)Nc1ccc(CN(C)C)cc1. The molecular weight excluding hydrogens is 254 g/mol. The Labute approximate surface area is 119 Å². The summed E-state index contributed by atoms with van der Waals surface area (Å²) in [4.78, 5) is 7.77. The van der Waals surface area contributed by atoms with Gasteiger partial charge in [-0.25, -0.2) is 4.98 Å². The summed E-state index contributed by atoms with van der Waals surface area (Å²) in [6, 6.07) is 8.94. The average molecular weight is 275 g/mol. The summed E-state index contributed by atoms with van der Waals surface area (Å²) in [5.74, 6) is 0. The first kappa shape index (κ1) is 14.0. The molecule has 1 aromatic heterocycles. The number of benzene rings is 1. The topological polar surface area (TPSA) is 28.2 Å². The maximum absolute atomic E-state index is 4.30. The normalized spacial score (nSPS) is 12.7. The zero-order valence-corrected chi connectivity index (χ0v) is 12.8. The van der Waals surface area contributed by atoms with Gasteiger partial charge in [-0.05, 0) is 45.6 Å². The van der Waals surface area contributed by atoms with Crippen LogP contribution in [0.1, 0.15) is 29.1 Å². The number of hydrogen-bond donors (Lipinski definition) is 1. The Bertz CT molecular complexity index is 516. The Morgan fingerprint density at radius 2 is 1.95 bits per heavy atom. The van der Waals surface area contributed by atoms with Crippen LogP contribution in [0.2, 0.25) is 0 Å². The van der Waals surface area contributed by atoms with E-state index in [1.165, 1.54) is 10.4 Å². The molecule has 1 N–H and O–H groups in total. The Balaban J connectivity index is 2.01. The number of rotatable bonds is 5. The second-order valence-corrected chi connectivity index (χ2v) is 5.99. The van der Waals surface area contributed by atoms with Gasteiger partial charge in [0.05, 0.1) is 17.2 Å². The summed E-state index contributed by atoms with van der Waals surface area (Å²) < 4.78 is 0. The molecule has 0 spiro atoms. The number of nitrogens with zero attached hydrogens (tertiary/aromatic N) is 2. The molecule has 3 nitrogen and oxygen atoms in total.